The first-order valence-electron chi connectivity index (χ1n) is 12.2. The van der Waals surface area contributed by atoms with Crippen molar-refractivity contribution in [1.82, 2.24) is 10.2 Å². The van der Waals surface area contributed by atoms with Crippen LogP contribution in [0.3, 0.4) is 0 Å². The highest BCUT2D eigenvalue weighted by atomic mass is 35.5. The van der Waals surface area contributed by atoms with Gasteiger partial charge in [-0.25, -0.2) is 8.42 Å². The predicted octanol–water partition coefficient (Wildman–Crippen LogP) is 4.84. The molecule has 0 aliphatic carbocycles. The van der Waals surface area contributed by atoms with Gasteiger partial charge in [-0.1, -0.05) is 36.7 Å². The Kier molecular flexibility index (Phi) is 10.8. The zero-order chi connectivity index (χ0) is 27.0. The van der Waals surface area contributed by atoms with Crippen molar-refractivity contribution in [3.63, 3.8) is 0 Å². The Balaban J connectivity index is 2.19. The van der Waals surface area contributed by atoms with E-state index in [0.717, 1.165) is 29.4 Å². The third-order valence-corrected chi connectivity index (χ3v) is 7.77. The van der Waals surface area contributed by atoms with Crippen molar-refractivity contribution in [2.45, 2.75) is 72.5 Å². The number of rotatable bonds is 12. The number of nitrogens with zero attached hydrogens (tertiary/aromatic N) is 2. The summed E-state index contributed by atoms with van der Waals surface area (Å²) in [5.41, 5.74) is 3.45. The molecule has 0 aliphatic heterocycles. The Morgan fingerprint density at radius 2 is 1.75 bits per heavy atom. The maximum Gasteiger partial charge on any atom is 0.242 e. The number of hydrogen-bond donors (Lipinski definition) is 1. The second kappa shape index (κ2) is 13.1. The van der Waals surface area contributed by atoms with Crippen molar-refractivity contribution in [2.24, 2.45) is 0 Å². The third-order valence-electron chi connectivity index (χ3n) is 6.34. The predicted molar refractivity (Wildman–Crippen MR) is 147 cm³/mol. The van der Waals surface area contributed by atoms with Crippen molar-refractivity contribution in [2.75, 3.05) is 17.1 Å². The van der Waals surface area contributed by atoms with Gasteiger partial charge in [-0.05, 0) is 81.5 Å². The molecule has 0 saturated heterocycles. The van der Waals surface area contributed by atoms with E-state index in [1.807, 2.05) is 45.9 Å². The summed E-state index contributed by atoms with van der Waals surface area (Å²) in [6, 6.07) is 12.0. The molecule has 0 heterocycles. The third kappa shape index (κ3) is 8.52. The average molecular weight is 536 g/mol. The molecule has 2 rings (SSSR count). The number of hydrogen-bond acceptors (Lipinski definition) is 4. The van der Waals surface area contributed by atoms with Gasteiger partial charge in [-0.3, -0.25) is 13.9 Å². The van der Waals surface area contributed by atoms with E-state index in [0.29, 0.717) is 17.1 Å². The van der Waals surface area contributed by atoms with Crippen molar-refractivity contribution < 1.29 is 18.0 Å². The van der Waals surface area contributed by atoms with E-state index in [4.69, 9.17) is 11.6 Å². The summed E-state index contributed by atoms with van der Waals surface area (Å²) >= 11 is 6.13. The van der Waals surface area contributed by atoms with Crippen molar-refractivity contribution in [3.05, 3.63) is 64.2 Å². The Labute approximate surface area is 220 Å². The molecular formula is C27H38ClN3O4S. The van der Waals surface area contributed by atoms with E-state index in [1.54, 1.807) is 31.2 Å². The molecule has 0 spiro atoms. The van der Waals surface area contributed by atoms with Gasteiger partial charge in [0.1, 0.15) is 6.04 Å². The highest BCUT2D eigenvalue weighted by Crippen LogP contribution is 2.22. The van der Waals surface area contributed by atoms with Crippen LogP contribution in [0.4, 0.5) is 5.69 Å². The fourth-order valence-corrected chi connectivity index (χ4v) is 4.93. The van der Waals surface area contributed by atoms with Crippen molar-refractivity contribution >= 4 is 39.1 Å². The highest BCUT2D eigenvalue weighted by Gasteiger charge is 2.27. The summed E-state index contributed by atoms with van der Waals surface area (Å²) in [7, 11) is -3.54. The first-order chi connectivity index (χ1) is 16.8. The Hall–Kier alpha value is -2.58. The fraction of sp³-hybridized carbons (Fsp3) is 0.481. The number of carbonyl (C=O) groups is 2. The van der Waals surface area contributed by atoms with Crippen LogP contribution >= 0.6 is 11.6 Å². The van der Waals surface area contributed by atoms with Gasteiger partial charge in [0.2, 0.25) is 21.8 Å². The maximum absolute atomic E-state index is 13.3. The van der Waals surface area contributed by atoms with Gasteiger partial charge in [0, 0.05) is 30.6 Å². The van der Waals surface area contributed by atoms with Gasteiger partial charge in [0.15, 0.2) is 0 Å². The summed E-state index contributed by atoms with van der Waals surface area (Å²) in [5.74, 6) is -0.456. The Morgan fingerprint density at radius 3 is 2.33 bits per heavy atom. The molecule has 9 heteroatoms. The molecule has 2 aromatic rings. The second-order valence-electron chi connectivity index (χ2n) is 9.35. The number of sulfonamides is 1. The SMILES string of the molecule is CCC(C)NC(=O)C(C)N(Cc1cccc(Cl)c1)C(=O)CCCN(c1ccc(C)c(C)c1)S(C)(=O)=O. The molecule has 0 aliphatic rings. The van der Waals surface area contributed by atoms with E-state index < -0.39 is 16.1 Å². The van der Waals surface area contributed by atoms with Crippen LogP contribution in [0.25, 0.3) is 0 Å². The summed E-state index contributed by atoms with van der Waals surface area (Å²) in [6.45, 7) is 9.89. The van der Waals surface area contributed by atoms with Crippen LogP contribution in [0, 0.1) is 13.8 Å². The molecule has 2 aromatic carbocycles. The zero-order valence-electron chi connectivity index (χ0n) is 22.0. The smallest absolute Gasteiger partial charge is 0.242 e. The van der Waals surface area contributed by atoms with Crippen LogP contribution in [-0.2, 0) is 26.2 Å². The molecule has 2 unspecified atom stereocenters. The van der Waals surface area contributed by atoms with Crippen molar-refractivity contribution in [1.29, 1.82) is 0 Å². The number of carbonyl (C=O) groups excluding carboxylic acids is 2. The lowest BCUT2D eigenvalue weighted by Gasteiger charge is -2.30. The monoisotopic (exact) mass is 535 g/mol. The minimum absolute atomic E-state index is 0.00985. The summed E-state index contributed by atoms with van der Waals surface area (Å²) in [4.78, 5) is 27.7. The normalized spacial score (nSPS) is 13.1. The Morgan fingerprint density at radius 1 is 1.06 bits per heavy atom. The number of amides is 2. The van der Waals surface area contributed by atoms with Crippen LogP contribution < -0.4 is 9.62 Å². The summed E-state index contributed by atoms with van der Waals surface area (Å²) < 4.78 is 26.3. The molecule has 2 amide bonds. The molecular weight excluding hydrogens is 498 g/mol. The fourth-order valence-electron chi connectivity index (χ4n) is 3.76. The highest BCUT2D eigenvalue weighted by molar-refractivity contribution is 7.92. The average Bonchev–Trinajstić information content (AvgIpc) is 2.80. The molecule has 36 heavy (non-hydrogen) atoms. The lowest BCUT2D eigenvalue weighted by atomic mass is 10.1. The van der Waals surface area contributed by atoms with Gasteiger partial charge in [-0.15, -0.1) is 0 Å². The first kappa shape index (κ1) is 29.6. The topological polar surface area (TPSA) is 86.8 Å². The zero-order valence-corrected chi connectivity index (χ0v) is 23.6. The van der Waals surface area contributed by atoms with E-state index in [9.17, 15) is 18.0 Å². The van der Waals surface area contributed by atoms with Gasteiger partial charge < -0.3 is 10.2 Å². The standard InChI is InChI=1S/C27H38ClN3O4S/c1-7-21(4)29-27(33)22(5)30(18-23-10-8-11-24(28)17-23)26(32)12-9-15-31(36(6,34)35)25-14-13-19(2)20(3)16-25/h8,10-11,13-14,16-17,21-22H,7,9,12,15,18H2,1-6H3,(H,29,33). The lowest BCUT2D eigenvalue weighted by molar-refractivity contribution is -0.140. The first-order valence-corrected chi connectivity index (χ1v) is 14.4. The van der Waals surface area contributed by atoms with Crippen LogP contribution in [0.15, 0.2) is 42.5 Å². The molecule has 198 valence electrons. The summed E-state index contributed by atoms with van der Waals surface area (Å²) in [6.07, 6.45) is 2.35. The van der Waals surface area contributed by atoms with Gasteiger partial charge in [0.05, 0.1) is 11.9 Å². The van der Waals surface area contributed by atoms with Gasteiger partial charge in [0.25, 0.3) is 0 Å². The van der Waals surface area contributed by atoms with Crippen LogP contribution in [0.1, 0.15) is 56.7 Å². The quantitative estimate of drug-likeness (QED) is 0.421. The van der Waals surface area contributed by atoms with E-state index in [-0.39, 0.29) is 37.4 Å². The summed E-state index contributed by atoms with van der Waals surface area (Å²) in [5, 5.41) is 3.49. The number of aryl methyl sites for hydroxylation is 2. The minimum atomic E-state index is -3.54. The molecule has 0 bridgehead atoms. The molecule has 7 nitrogen and oxygen atoms in total. The largest absolute Gasteiger partial charge is 0.352 e. The number of benzene rings is 2. The Bertz CT molecular complexity index is 1170. The minimum Gasteiger partial charge on any atom is -0.352 e. The molecule has 0 saturated carbocycles. The molecule has 0 fully saturated rings. The maximum atomic E-state index is 13.3. The van der Waals surface area contributed by atoms with Crippen LogP contribution in [-0.4, -0.2) is 50.0 Å². The van der Waals surface area contributed by atoms with Gasteiger partial charge >= 0.3 is 0 Å². The van der Waals surface area contributed by atoms with E-state index in [1.165, 1.54) is 9.21 Å². The lowest BCUT2D eigenvalue weighted by Crippen LogP contribution is -2.49. The molecule has 0 aromatic heterocycles. The molecule has 0 radical (unpaired) electrons. The van der Waals surface area contributed by atoms with Crippen molar-refractivity contribution in [3.8, 4) is 0 Å². The second-order valence-corrected chi connectivity index (χ2v) is 11.7. The van der Waals surface area contributed by atoms with E-state index >= 15 is 0 Å². The van der Waals surface area contributed by atoms with Crippen LogP contribution in [0.5, 0.6) is 0 Å². The van der Waals surface area contributed by atoms with Gasteiger partial charge in [-0.2, -0.15) is 0 Å². The van der Waals surface area contributed by atoms with Crippen LogP contribution in [0.2, 0.25) is 5.02 Å². The number of halogens is 1. The number of anilines is 1. The molecule has 1 N–H and O–H groups in total. The van der Waals surface area contributed by atoms with E-state index in [2.05, 4.69) is 5.32 Å². The number of nitrogens with one attached hydrogen (secondary N) is 1. The molecule has 2 atom stereocenters.